The Hall–Kier alpha value is -3.67. The van der Waals surface area contributed by atoms with Crippen LogP contribution in [0.15, 0.2) is 36.7 Å². The van der Waals surface area contributed by atoms with Crippen LogP contribution in [0, 0.1) is 22.7 Å². The van der Waals surface area contributed by atoms with Crippen molar-refractivity contribution in [2.45, 2.75) is 146 Å². The molecule has 6 atom stereocenters. The van der Waals surface area contributed by atoms with E-state index >= 15 is 0 Å². The van der Waals surface area contributed by atoms with Gasteiger partial charge in [0.2, 0.25) is 5.60 Å². The Morgan fingerprint density at radius 1 is 0.932 bits per heavy atom. The number of nitrogens with zero attached hydrogens (tertiary/aromatic N) is 5. The van der Waals surface area contributed by atoms with Crippen molar-refractivity contribution in [3.63, 3.8) is 0 Å². The summed E-state index contributed by atoms with van der Waals surface area (Å²) in [6.45, 7) is 1.76. The Kier molecular flexibility index (Phi) is 20.5. The van der Waals surface area contributed by atoms with E-state index in [0.717, 1.165) is 19.3 Å². The minimum absolute atomic E-state index is 0.0623. The van der Waals surface area contributed by atoms with Crippen LogP contribution < -0.4 is 10.5 Å². The molecule has 59 heavy (non-hydrogen) atoms. The maximum atomic E-state index is 13.1. The summed E-state index contributed by atoms with van der Waals surface area (Å²) >= 11 is 0. The summed E-state index contributed by atoms with van der Waals surface area (Å²) in [5.41, 5.74) is 5.29. The number of aliphatic hydroxyl groups is 2. The fraction of sp³-hybridized carbons (Fsp3) is 0.667. The molecule has 0 bridgehead atoms. The lowest BCUT2D eigenvalue weighted by Crippen LogP contribution is -2.41. The molecule has 16 nitrogen and oxygen atoms in total. The number of ether oxygens (including phenoxy) is 4. The second kappa shape index (κ2) is 25.2. The van der Waals surface area contributed by atoms with E-state index in [4.69, 9.17) is 33.7 Å². The standard InChI is InChI=1S/C42H63N6O10P/c1-3-4-5-6-7-8-9-10-11-12-13-14-15-16-17-18-23-54-27-34(55-26-32-19-20-33(25-43)36(24-32)53-2)28-56-59(51,52)57-29-37-39(49)40(50)42(30-44,58-37)38-22-21-35-41(45)46-31-47-48(35)38/h19-22,24,31,34,37,39-40,49-50H,3-18,23,26-29H2,1-2H3,(H,51,52)(H2,45,46,47)/t34-,37-,39-,40-,42+/m1/s1. The summed E-state index contributed by atoms with van der Waals surface area (Å²) in [6, 6.07) is 12.0. The van der Waals surface area contributed by atoms with Gasteiger partial charge >= 0.3 is 7.82 Å². The van der Waals surface area contributed by atoms with Gasteiger partial charge in [0.1, 0.15) is 54.1 Å². The van der Waals surface area contributed by atoms with Gasteiger partial charge < -0.3 is 39.8 Å². The maximum absolute atomic E-state index is 13.1. The number of aromatic nitrogens is 3. The van der Waals surface area contributed by atoms with E-state index in [1.54, 1.807) is 18.2 Å². The highest BCUT2D eigenvalue weighted by molar-refractivity contribution is 7.47. The number of nitriles is 2. The molecular formula is C42H63N6O10P. The minimum atomic E-state index is -4.79. The topological polar surface area (TPSA) is 237 Å². The van der Waals surface area contributed by atoms with Gasteiger partial charge in [-0.15, -0.1) is 0 Å². The van der Waals surface area contributed by atoms with Crippen molar-refractivity contribution >= 4 is 19.2 Å². The van der Waals surface area contributed by atoms with Crippen molar-refractivity contribution in [3.8, 4) is 17.9 Å². The molecule has 1 saturated heterocycles. The van der Waals surface area contributed by atoms with E-state index in [-0.39, 0.29) is 24.7 Å². The summed E-state index contributed by atoms with van der Waals surface area (Å²) in [7, 11) is -3.32. The molecule has 326 valence electrons. The summed E-state index contributed by atoms with van der Waals surface area (Å²) in [5, 5.41) is 45.4. The third-order valence-electron chi connectivity index (χ3n) is 10.6. The SMILES string of the molecule is CCCCCCCCCCCCCCCCCCOC[C@H](COP(=O)(O)OC[C@H]1O[C@@](C#N)(c2ccc3c(N)ncnn23)[C@H](O)[C@@H]1O)OCc1ccc(C#N)c(OC)c1. The van der Waals surface area contributed by atoms with Crippen molar-refractivity contribution in [1.82, 2.24) is 14.6 Å². The van der Waals surface area contributed by atoms with Crippen LogP contribution in [0.25, 0.3) is 5.52 Å². The molecule has 0 amide bonds. The van der Waals surface area contributed by atoms with Crippen LogP contribution in [0.2, 0.25) is 0 Å². The molecule has 1 aromatic carbocycles. The molecule has 0 saturated carbocycles. The van der Waals surface area contributed by atoms with Crippen LogP contribution in [0.3, 0.4) is 0 Å². The van der Waals surface area contributed by atoms with Crippen LogP contribution in [0.4, 0.5) is 5.82 Å². The number of phosphoric acid groups is 1. The Morgan fingerprint density at radius 2 is 1.58 bits per heavy atom. The smallest absolute Gasteiger partial charge is 0.472 e. The first-order valence-electron chi connectivity index (χ1n) is 21.0. The minimum Gasteiger partial charge on any atom is -0.495 e. The highest BCUT2D eigenvalue weighted by Crippen LogP contribution is 2.46. The molecule has 1 aliphatic rings. The number of methoxy groups -OCH3 is 1. The number of rotatable bonds is 30. The Labute approximate surface area is 348 Å². The van der Waals surface area contributed by atoms with Crippen LogP contribution in [0.5, 0.6) is 5.75 Å². The molecule has 17 heteroatoms. The fourth-order valence-corrected chi connectivity index (χ4v) is 7.94. The molecule has 1 fully saturated rings. The summed E-state index contributed by atoms with van der Waals surface area (Å²) < 4.78 is 47.9. The largest absolute Gasteiger partial charge is 0.495 e. The van der Waals surface area contributed by atoms with Crippen molar-refractivity contribution in [1.29, 1.82) is 10.5 Å². The molecule has 0 spiro atoms. The van der Waals surface area contributed by atoms with Gasteiger partial charge in [-0.3, -0.25) is 9.05 Å². The molecule has 4 rings (SSSR count). The predicted octanol–water partition coefficient (Wildman–Crippen LogP) is 7.03. The number of hydrogen-bond donors (Lipinski definition) is 4. The average molecular weight is 843 g/mol. The Morgan fingerprint density at radius 3 is 2.19 bits per heavy atom. The number of fused-ring (bicyclic) bond motifs is 1. The van der Waals surface area contributed by atoms with Crippen molar-refractivity contribution in [2.24, 2.45) is 0 Å². The van der Waals surface area contributed by atoms with Crippen molar-refractivity contribution in [3.05, 3.63) is 53.5 Å². The lowest BCUT2D eigenvalue weighted by Gasteiger charge is -2.24. The number of phosphoric ester groups is 1. The van der Waals surface area contributed by atoms with Crippen molar-refractivity contribution in [2.75, 3.05) is 39.3 Å². The average Bonchev–Trinajstić information content (AvgIpc) is 3.79. The number of unbranched alkanes of at least 4 members (excludes halogenated alkanes) is 15. The molecule has 0 radical (unpaired) electrons. The second-order valence-electron chi connectivity index (χ2n) is 15.1. The van der Waals surface area contributed by atoms with Gasteiger partial charge in [0.15, 0.2) is 5.82 Å². The molecule has 3 heterocycles. The monoisotopic (exact) mass is 842 g/mol. The van der Waals surface area contributed by atoms with E-state index in [2.05, 4.69) is 23.1 Å². The molecular weight excluding hydrogens is 779 g/mol. The number of nitrogen functional groups attached to an aromatic ring is 1. The van der Waals surface area contributed by atoms with E-state index < -0.39 is 51.1 Å². The lowest BCUT2D eigenvalue weighted by molar-refractivity contribution is -0.0690. The van der Waals surface area contributed by atoms with E-state index in [0.29, 0.717) is 29.0 Å². The third-order valence-corrected chi connectivity index (χ3v) is 11.6. The highest BCUT2D eigenvalue weighted by atomic mass is 31.2. The van der Waals surface area contributed by atoms with Crippen molar-refractivity contribution < 1.29 is 47.7 Å². The lowest BCUT2D eigenvalue weighted by atomic mass is 9.92. The van der Waals surface area contributed by atoms with Gasteiger partial charge in [0.25, 0.3) is 0 Å². The Balaban J connectivity index is 1.21. The number of anilines is 1. The van der Waals surface area contributed by atoms with Crippen LogP contribution in [-0.2, 0) is 40.0 Å². The maximum Gasteiger partial charge on any atom is 0.472 e. The Bertz CT molecular complexity index is 1840. The summed E-state index contributed by atoms with van der Waals surface area (Å²) in [4.78, 5) is 14.5. The first-order valence-corrected chi connectivity index (χ1v) is 22.5. The quantitative estimate of drug-likeness (QED) is 0.0389. The highest BCUT2D eigenvalue weighted by Gasteiger charge is 2.58. The van der Waals surface area contributed by atoms with Gasteiger partial charge in [-0.25, -0.2) is 14.1 Å². The first kappa shape index (κ1) is 48.0. The number of aliphatic hydroxyl groups excluding tert-OH is 2. The summed E-state index contributed by atoms with van der Waals surface area (Å²) in [6.07, 6.45) is 15.8. The van der Waals surface area contributed by atoms with Gasteiger partial charge in [-0.1, -0.05) is 109 Å². The van der Waals surface area contributed by atoms with Crippen LogP contribution in [0.1, 0.15) is 126 Å². The van der Waals surface area contributed by atoms with E-state index in [1.165, 1.54) is 114 Å². The van der Waals surface area contributed by atoms with E-state index in [1.807, 2.05) is 6.07 Å². The molecule has 1 unspecified atom stereocenters. The first-order chi connectivity index (χ1) is 28.6. The molecule has 5 N–H and O–H groups in total. The van der Waals surface area contributed by atoms with Gasteiger partial charge in [-0.05, 0) is 36.2 Å². The van der Waals surface area contributed by atoms with Gasteiger partial charge in [-0.2, -0.15) is 15.6 Å². The van der Waals surface area contributed by atoms with E-state index in [9.17, 15) is 30.2 Å². The van der Waals surface area contributed by atoms with Gasteiger partial charge in [0.05, 0.1) is 44.8 Å². The molecule has 1 aliphatic heterocycles. The molecule has 2 aromatic heterocycles. The third kappa shape index (κ3) is 14.5. The fourth-order valence-electron chi connectivity index (χ4n) is 7.18. The van der Waals surface area contributed by atoms with Gasteiger partial charge in [0, 0.05) is 6.61 Å². The zero-order chi connectivity index (χ0) is 42.5. The number of benzene rings is 1. The second-order valence-corrected chi connectivity index (χ2v) is 16.6. The zero-order valence-corrected chi connectivity index (χ0v) is 35.5. The zero-order valence-electron chi connectivity index (χ0n) is 34.6. The number of nitrogens with two attached hydrogens (primary N) is 1. The number of hydrogen-bond acceptors (Lipinski definition) is 14. The summed E-state index contributed by atoms with van der Waals surface area (Å²) in [5.74, 6) is 0.508. The molecule has 3 aromatic rings. The predicted molar refractivity (Wildman–Crippen MR) is 220 cm³/mol. The molecule has 0 aliphatic carbocycles. The normalized spacial score (nSPS) is 20.6. The van der Waals surface area contributed by atoms with Crippen LogP contribution in [-0.4, -0.2) is 87.7 Å². The van der Waals surface area contributed by atoms with Crippen LogP contribution >= 0.6 is 7.82 Å².